The summed E-state index contributed by atoms with van der Waals surface area (Å²) >= 11 is 1.66. The number of hydrogen-bond donors (Lipinski definition) is 1. The Morgan fingerprint density at radius 2 is 1.75 bits per heavy atom. The van der Waals surface area contributed by atoms with Crippen LogP contribution in [0.25, 0.3) is 0 Å². The summed E-state index contributed by atoms with van der Waals surface area (Å²) in [6.07, 6.45) is 2.66. The Bertz CT molecular complexity index is 967. The summed E-state index contributed by atoms with van der Waals surface area (Å²) in [4.78, 5) is 29.7. The van der Waals surface area contributed by atoms with E-state index < -0.39 is 5.82 Å². The lowest BCUT2D eigenvalue weighted by Gasteiger charge is -2.10. The Kier molecular flexibility index (Phi) is 6.66. The van der Waals surface area contributed by atoms with E-state index in [1.54, 1.807) is 35.6 Å². The van der Waals surface area contributed by atoms with Crippen LogP contribution in [0.15, 0.2) is 53.9 Å². The summed E-state index contributed by atoms with van der Waals surface area (Å²) < 4.78 is 13.1. The average molecular weight is 396 g/mol. The Labute approximate surface area is 167 Å². The van der Waals surface area contributed by atoms with Crippen LogP contribution in [-0.2, 0) is 6.42 Å². The van der Waals surface area contributed by atoms with E-state index in [4.69, 9.17) is 0 Å². The maximum absolute atomic E-state index is 13.1. The van der Waals surface area contributed by atoms with Crippen LogP contribution < -0.4 is 5.32 Å². The Hall–Kier alpha value is -2.86. The van der Waals surface area contributed by atoms with Crippen molar-refractivity contribution in [3.63, 3.8) is 0 Å². The summed E-state index contributed by atoms with van der Waals surface area (Å²) in [6, 6.07) is 12.0. The highest BCUT2D eigenvalue weighted by molar-refractivity contribution is 7.09. The first kappa shape index (κ1) is 19.9. The van der Waals surface area contributed by atoms with E-state index in [1.165, 1.54) is 24.3 Å². The summed E-state index contributed by atoms with van der Waals surface area (Å²) in [5.41, 5.74) is 2.02. The van der Waals surface area contributed by atoms with Crippen LogP contribution in [0.5, 0.6) is 0 Å². The van der Waals surface area contributed by atoms with Gasteiger partial charge in [-0.3, -0.25) is 9.59 Å². The predicted molar refractivity (Wildman–Crippen MR) is 108 cm³/mol. The maximum Gasteiger partial charge on any atom is 0.252 e. The van der Waals surface area contributed by atoms with Crippen LogP contribution in [0.4, 0.5) is 4.39 Å². The van der Waals surface area contributed by atoms with Crippen LogP contribution in [0.2, 0.25) is 0 Å². The number of carbonyl (C=O) groups excluding carboxylic acids is 2. The van der Waals surface area contributed by atoms with Crippen molar-refractivity contribution < 1.29 is 14.0 Å². The molecule has 1 aromatic heterocycles. The molecule has 2 aromatic carbocycles. The van der Waals surface area contributed by atoms with Crippen molar-refractivity contribution in [2.45, 2.75) is 26.2 Å². The molecule has 4 nitrogen and oxygen atoms in total. The van der Waals surface area contributed by atoms with Gasteiger partial charge in [0.25, 0.3) is 5.91 Å². The smallest absolute Gasteiger partial charge is 0.252 e. The number of hydrogen-bond acceptors (Lipinski definition) is 4. The number of halogens is 1. The molecule has 0 bridgehead atoms. The predicted octanol–water partition coefficient (Wildman–Crippen LogP) is 4.57. The van der Waals surface area contributed by atoms with Crippen molar-refractivity contribution in [2.75, 3.05) is 6.54 Å². The Morgan fingerprint density at radius 3 is 2.43 bits per heavy atom. The highest BCUT2D eigenvalue weighted by atomic mass is 32.1. The van der Waals surface area contributed by atoms with Gasteiger partial charge in [0.1, 0.15) is 5.82 Å². The van der Waals surface area contributed by atoms with Crippen LogP contribution in [0, 0.1) is 12.7 Å². The number of nitrogens with one attached hydrogen (secondary N) is 1. The topological polar surface area (TPSA) is 59.1 Å². The lowest BCUT2D eigenvalue weighted by atomic mass is 9.98. The molecule has 0 radical (unpaired) electrons. The normalized spacial score (nSPS) is 10.6. The van der Waals surface area contributed by atoms with Crippen molar-refractivity contribution in [3.8, 4) is 0 Å². The molecule has 144 valence electrons. The van der Waals surface area contributed by atoms with Gasteiger partial charge in [0, 0.05) is 28.7 Å². The molecule has 0 aliphatic rings. The zero-order valence-corrected chi connectivity index (χ0v) is 16.4. The number of nitrogens with zero attached hydrogens (tertiary/aromatic N) is 1. The summed E-state index contributed by atoms with van der Waals surface area (Å²) in [5.74, 6) is -0.989. The minimum atomic E-state index is -0.407. The van der Waals surface area contributed by atoms with Crippen molar-refractivity contribution >= 4 is 23.0 Å². The third kappa shape index (κ3) is 5.10. The van der Waals surface area contributed by atoms with E-state index in [0.717, 1.165) is 30.0 Å². The highest BCUT2D eigenvalue weighted by Gasteiger charge is 2.17. The Balaban J connectivity index is 1.57. The second kappa shape index (κ2) is 9.37. The molecule has 3 rings (SSSR count). The summed E-state index contributed by atoms with van der Waals surface area (Å²) in [5, 5.41) is 6.02. The summed E-state index contributed by atoms with van der Waals surface area (Å²) in [7, 11) is 0. The molecule has 0 saturated heterocycles. The standard InChI is InChI=1S/C22H21FN2O2S/c1-15-14-28-20(25-15)8-4-5-13-24-22(27)19-7-3-2-6-18(19)21(26)16-9-11-17(23)12-10-16/h2-3,6-7,9-12,14H,4-5,8,13H2,1H3,(H,24,27). The molecule has 0 fully saturated rings. The van der Waals surface area contributed by atoms with Gasteiger partial charge in [-0.05, 0) is 56.5 Å². The van der Waals surface area contributed by atoms with Crippen molar-refractivity contribution in [3.05, 3.63) is 87.1 Å². The molecular weight excluding hydrogens is 375 g/mol. The highest BCUT2D eigenvalue weighted by Crippen LogP contribution is 2.16. The zero-order valence-electron chi connectivity index (χ0n) is 15.6. The van der Waals surface area contributed by atoms with Crippen molar-refractivity contribution in [1.29, 1.82) is 0 Å². The number of aromatic nitrogens is 1. The van der Waals surface area contributed by atoms with Crippen molar-refractivity contribution in [2.24, 2.45) is 0 Å². The fourth-order valence-electron chi connectivity index (χ4n) is 2.85. The lowest BCUT2D eigenvalue weighted by Crippen LogP contribution is -2.26. The van der Waals surface area contributed by atoms with E-state index in [0.29, 0.717) is 23.2 Å². The molecule has 0 aliphatic carbocycles. The zero-order chi connectivity index (χ0) is 19.9. The molecular formula is C22H21FN2O2S. The van der Waals surface area contributed by atoms with Gasteiger partial charge in [-0.2, -0.15) is 0 Å². The van der Waals surface area contributed by atoms with Gasteiger partial charge in [0.15, 0.2) is 5.78 Å². The van der Waals surface area contributed by atoms with Crippen molar-refractivity contribution in [1.82, 2.24) is 10.3 Å². The lowest BCUT2D eigenvalue weighted by molar-refractivity contribution is 0.0941. The van der Waals surface area contributed by atoms with Crippen LogP contribution in [0.3, 0.4) is 0 Å². The minimum Gasteiger partial charge on any atom is -0.352 e. The minimum absolute atomic E-state index is 0.281. The average Bonchev–Trinajstić information content (AvgIpc) is 3.12. The van der Waals surface area contributed by atoms with Gasteiger partial charge in [-0.15, -0.1) is 11.3 Å². The summed E-state index contributed by atoms with van der Waals surface area (Å²) in [6.45, 7) is 2.51. The fraction of sp³-hybridized carbons (Fsp3) is 0.227. The van der Waals surface area contributed by atoms with Gasteiger partial charge in [-0.1, -0.05) is 18.2 Å². The second-order valence-corrected chi connectivity index (χ2v) is 7.42. The first-order chi connectivity index (χ1) is 13.5. The van der Waals surface area contributed by atoms with Gasteiger partial charge in [-0.25, -0.2) is 9.37 Å². The molecule has 0 unspecified atom stereocenters. The second-order valence-electron chi connectivity index (χ2n) is 6.48. The van der Waals surface area contributed by atoms with E-state index in [9.17, 15) is 14.0 Å². The molecule has 3 aromatic rings. The van der Waals surface area contributed by atoms with Crippen LogP contribution >= 0.6 is 11.3 Å². The van der Waals surface area contributed by atoms with Gasteiger partial charge in [0.2, 0.25) is 0 Å². The first-order valence-electron chi connectivity index (χ1n) is 9.13. The van der Waals surface area contributed by atoms with E-state index in [2.05, 4.69) is 10.3 Å². The molecule has 1 heterocycles. The number of ketones is 1. The van der Waals surface area contributed by atoms with Gasteiger partial charge < -0.3 is 5.32 Å². The molecule has 0 spiro atoms. The third-order valence-electron chi connectivity index (χ3n) is 4.29. The number of unbranched alkanes of at least 4 members (excludes halogenated alkanes) is 1. The number of thiazole rings is 1. The maximum atomic E-state index is 13.1. The number of carbonyl (C=O) groups is 2. The fourth-order valence-corrected chi connectivity index (χ4v) is 3.67. The van der Waals surface area contributed by atoms with Crippen LogP contribution in [-0.4, -0.2) is 23.2 Å². The van der Waals surface area contributed by atoms with E-state index in [-0.39, 0.29) is 11.7 Å². The van der Waals surface area contributed by atoms with E-state index >= 15 is 0 Å². The largest absolute Gasteiger partial charge is 0.352 e. The molecule has 1 N–H and O–H groups in total. The number of aryl methyl sites for hydroxylation is 2. The van der Waals surface area contributed by atoms with E-state index in [1.807, 2.05) is 12.3 Å². The number of rotatable bonds is 8. The molecule has 6 heteroatoms. The first-order valence-corrected chi connectivity index (χ1v) is 10.0. The van der Waals surface area contributed by atoms with Gasteiger partial charge >= 0.3 is 0 Å². The quantitative estimate of drug-likeness (QED) is 0.448. The molecule has 28 heavy (non-hydrogen) atoms. The van der Waals surface area contributed by atoms with Gasteiger partial charge in [0.05, 0.1) is 10.6 Å². The third-order valence-corrected chi connectivity index (χ3v) is 5.32. The number of benzene rings is 2. The molecule has 0 saturated carbocycles. The Morgan fingerprint density at radius 1 is 1.04 bits per heavy atom. The SMILES string of the molecule is Cc1csc(CCCCNC(=O)c2ccccc2C(=O)c2ccc(F)cc2)n1. The number of amides is 1. The van der Waals surface area contributed by atoms with Crippen LogP contribution in [0.1, 0.15) is 49.8 Å². The molecule has 0 aliphatic heterocycles. The molecule has 0 atom stereocenters. The molecule has 1 amide bonds. The monoisotopic (exact) mass is 396 g/mol.